The Bertz CT molecular complexity index is 457. The lowest BCUT2D eigenvalue weighted by Gasteiger charge is -2.28. The van der Waals surface area contributed by atoms with Crippen molar-refractivity contribution < 1.29 is 4.74 Å². The van der Waals surface area contributed by atoms with E-state index in [1.54, 1.807) is 0 Å². The highest BCUT2D eigenvalue weighted by molar-refractivity contribution is 5.29. The van der Waals surface area contributed by atoms with Gasteiger partial charge in [-0.05, 0) is 65.0 Å². The van der Waals surface area contributed by atoms with Crippen molar-refractivity contribution in [2.75, 3.05) is 13.2 Å². The summed E-state index contributed by atoms with van der Waals surface area (Å²) in [5, 5.41) is 0. The predicted molar refractivity (Wildman–Crippen MR) is 76.0 cm³/mol. The number of hydrogen-bond donors (Lipinski definition) is 1. The molecule has 4 heteroatoms. The van der Waals surface area contributed by atoms with Crippen molar-refractivity contribution in [3.05, 3.63) is 22.8 Å². The number of nitrogens with zero attached hydrogens (tertiary/aromatic N) is 2. The molecule has 0 radical (unpaired) electrons. The van der Waals surface area contributed by atoms with Crippen molar-refractivity contribution in [3.8, 4) is 0 Å². The molecule has 1 unspecified atom stereocenters. The summed E-state index contributed by atoms with van der Waals surface area (Å²) in [5.41, 5.74) is 8.96. The molecule has 0 amide bonds. The number of ether oxygens (including phenoxy) is 1. The van der Waals surface area contributed by atoms with Crippen molar-refractivity contribution >= 4 is 0 Å². The van der Waals surface area contributed by atoms with Crippen molar-refractivity contribution in [2.45, 2.75) is 52.6 Å². The van der Waals surface area contributed by atoms with Crippen LogP contribution in [0.25, 0.3) is 0 Å². The minimum absolute atomic E-state index is 0.417. The van der Waals surface area contributed by atoms with Gasteiger partial charge in [0.1, 0.15) is 5.60 Å². The van der Waals surface area contributed by atoms with Crippen LogP contribution in [0.4, 0.5) is 0 Å². The molecular formula is C15H25N3O. The molecule has 0 fully saturated rings. The number of aromatic nitrogens is 2. The number of nitrogens with two attached hydrogens (primary N) is 1. The average molecular weight is 263 g/mol. The second-order valence-corrected chi connectivity index (χ2v) is 5.85. The third kappa shape index (κ3) is 2.95. The number of hydrogen-bond acceptors (Lipinski definition) is 4. The van der Waals surface area contributed by atoms with Gasteiger partial charge in [0.05, 0.1) is 0 Å². The van der Waals surface area contributed by atoms with Crippen molar-refractivity contribution in [3.63, 3.8) is 0 Å². The first kappa shape index (κ1) is 14.4. The van der Waals surface area contributed by atoms with Gasteiger partial charge < -0.3 is 10.5 Å². The largest absolute Gasteiger partial charge is 0.368 e. The fraction of sp³-hybridized carbons (Fsp3) is 0.733. The van der Waals surface area contributed by atoms with Crippen LogP contribution in [0.15, 0.2) is 0 Å². The van der Waals surface area contributed by atoms with E-state index in [0.717, 1.165) is 37.3 Å². The van der Waals surface area contributed by atoms with Crippen molar-refractivity contribution in [1.82, 2.24) is 9.97 Å². The zero-order valence-corrected chi connectivity index (χ0v) is 12.5. The fourth-order valence-electron chi connectivity index (χ4n) is 2.76. The minimum atomic E-state index is -0.417. The third-order valence-corrected chi connectivity index (χ3v) is 3.96. The SMILES string of the molecule is CCOC(C)(C)c1nc(C)c2c(n1)CCC(CN)C2. The molecule has 19 heavy (non-hydrogen) atoms. The molecule has 1 aromatic heterocycles. The molecule has 0 spiro atoms. The summed E-state index contributed by atoms with van der Waals surface area (Å²) in [6, 6.07) is 0. The second-order valence-electron chi connectivity index (χ2n) is 5.85. The van der Waals surface area contributed by atoms with Gasteiger partial charge in [-0.25, -0.2) is 9.97 Å². The zero-order valence-electron chi connectivity index (χ0n) is 12.5. The second kappa shape index (κ2) is 5.55. The Morgan fingerprint density at radius 1 is 1.37 bits per heavy atom. The van der Waals surface area contributed by atoms with Gasteiger partial charge in [0, 0.05) is 18.0 Å². The maximum absolute atomic E-state index is 5.79. The summed E-state index contributed by atoms with van der Waals surface area (Å²) in [6.07, 6.45) is 3.16. The molecule has 1 aromatic rings. The van der Waals surface area contributed by atoms with E-state index in [0.29, 0.717) is 12.5 Å². The summed E-state index contributed by atoms with van der Waals surface area (Å²) in [4.78, 5) is 9.42. The topological polar surface area (TPSA) is 61.0 Å². The molecule has 0 bridgehead atoms. The number of rotatable bonds is 4. The first-order chi connectivity index (χ1) is 8.97. The molecule has 2 N–H and O–H groups in total. The number of aryl methyl sites for hydroxylation is 2. The van der Waals surface area contributed by atoms with Gasteiger partial charge in [-0.3, -0.25) is 0 Å². The first-order valence-electron chi connectivity index (χ1n) is 7.18. The van der Waals surface area contributed by atoms with E-state index in [2.05, 4.69) is 11.9 Å². The Hall–Kier alpha value is -1.00. The van der Waals surface area contributed by atoms with Crippen LogP contribution in [0.2, 0.25) is 0 Å². The van der Waals surface area contributed by atoms with Crippen LogP contribution < -0.4 is 5.73 Å². The molecule has 0 saturated carbocycles. The maximum atomic E-state index is 5.79. The van der Waals surface area contributed by atoms with Crippen LogP contribution in [0.3, 0.4) is 0 Å². The van der Waals surface area contributed by atoms with Crippen LogP contribution >= 0.6 is 0 Å². The highest BCUT2D eigenvalue weighted by Crippen LogP contribution is 2.29. The summed E-state index contributed by atoms with van der Waals surface area (Å²) in [6.45, 7) is 9.56. The molecule has 1 aliphatic rings. The van der Waals surface area contributed by atoms with Crippen LogP contribution in [0.1, 0.15) is 50.0 Å². The molecule has 4 nitrogen and oxygen atoms in total. The molecule has 0 aromatic carbocycles. The molecular weight excluding hydrogens is 238 g/mol. The average Bonchev–Trinajstić information content (AvgIpc) is 2.38. The van der Waals surface area contributed by atoms with Crippen molar-refractivity contribution in [1.29, 1.82) is 0 Å². The van der Waals surface area contributed by atoms with E-state index in [4.69, 9.17) is 15.5 Å². The summed E-state index contributed by atoms with van der Waals surface area (Å²) >= 11 is 0. The highest BCUT2D eigenvalue weighted by atomic mass is 16.5. The summed E-state index contributed by atoms with van der Waals surface area (Å²) in [5.74, 6) is 1.39. The monoisotopic (exact) mass is 263 g/mol. The molecule has 0 aliphatic heterocycles. The zero-order chi connectivity index (χ0) is 14.0. The Morgan fingerprint density at radius 2 is 2.11 bits per heavy atom. The predicted octanol–water partition coefficient (Wildman–Crippen LogP) is 2.12. The van der Waals surface area contributed by atoms with Gasteiger partial charge in [-0.15, -0.1) is 0 Å². The Kier molecular flexibility index (Phi) is 4.21. The maximum Gasteiger partial charge on any atom is 0.160 e. The van der Waals surface area contributed by atoms with E-state index >= 15 is 0 Å². The standard InChI is InChI=1S/C15H25N3O/c1-5-19-15(3,4)14-17-10(2)12-8-11(9-16)6-7-13(12)18-14/h11H,5-9,16H2,1-4H3. The molecule has 2 rings (SSSR count). The van der Waals surface area contributed by atoms with Gasteiger partial charge in [-0.1, -0.05) is 0 Å². The lowest BCUT2D eigenvalue weighted by molar-refractivity contribution is -0.0211. The van der Waals surface area contributed by atoms with Crippen molar-refractivity contribution in [2.24, 2.45) is 11.7 Å². The Labute approximate surface area is 115 Å². The lowest BCUT2D eigenvalue weighted by atomic mass is 9.85. The Balaban J connectivity index is 2.35. The van der Waals surface area contributed by atoms with Gasteiger partial charge in [0.2, 0.25) is 0 Å². The van der Waals surface area contributed by atoms with Crippen LogP contribution in [-0.2, 0) is 23.2 Å². The van der Waals surface area contributed by atoms with Gasteiger partial charge >= 0.3 is 0 Å². The molecule has 1 heterocycles. The van der Waals surface area contributed by atoms with Gasteiger partial charge in [0.25, 0.3) is 0 Å². The summed E-state index contributed by atoms with van der Waals surface area (Å²) < 4.78 is 5.76. The lowest BCUT2D eigenvalue weighted by Crippen LogP contribution is -2.29. The summed E-state index contributed by atoms with van der Waals surface area (Å²) in [7, 11) is 0. The van der Waals surface area contributed by atoms with Gasteiger partial charge in [-0.2, -0.15) is 0 Å². The van der Waals surface area contributed by atoms with Gasteiger partial charge in [0.15, 0.2) is 5.82 Å². The highest BCUT2D eigenvalue weighted by Gasteiger charge is 2.28. The first-order valence-corrected chi connectivity index (χ1v) is 7.18. The molecule has 106 valence electrons. The normalized spacial score (nSPS) is 19.3. The van der Waals surface area contributed by atoms with E-state index in [9.17, 15) is 0 Å². The molecule has 0 saturated heterocycles. The Morgan fingerprint density at radius 3 is 2.74 bits per heavy atom. The van der Waals surface area contributed by atoms with E-state index in [1.807, 2.05) is 20.8 Å². The minimum Gasteiger partial charge on any atom is -0.368 e. The molecule has 1 aliphatic carbocycles. The van der Waals surface area contributed by atoms with E-state index in [-0.39, 0.29) is 0 Å². The third-order valence-electron chi connectivity index (χ3n) is 3.96. The van der Waals surface area contributed by atoms with Crippen LogP contribution in [-0.4, -0.2) is 23.1 Å². The number of fused-ring (bicyclic) bond motifs is 1. The van der Waals surface area contributed by atoms with Crippen LogP contribution in [0, 0.1) is 12.8 Å². The quantitative estimate of drug-likeness (QED) is 0.904. The fourth-order valence-corrected chi connectivity index (χ4v) is 2.76. The van der Waals surface area contributed by atoms with E-state index in [1.165, 1.54) is 11.3 Å². The smallest absolute Gasteiger partial charge is 0.160 e. The molecule has 1 atom stereocenters. The van der Waals surface area contributed by atoms with Crippen LogP contribution in [0.5, 0.6) is 0 Å². The van der Waals surface area contributed by atoms with E-state index < -0.39 is 5.60 Å².